The zero-order valence-electron chi connectivity index (χ0n) is 8.97. The number of hydrogen-bond donors (Lipinski definition) is 0. The van der Waals surface area contributed by atoms with Crippen LogP contribution in [0.4, 0.5) is 12.9 Å². The minimum atomic E-state index is -4.99. The van der Waals surface area contributed by atoms with Crippen molar-refractivity contribution in [3.05, 3.63) is 23.7 Å². The molecule has 1 aromatic rings. The van der Waals surface area contributed by atoms with Crippen LogP contribution in [0.5, 0.6) is 0 Å². The van der Waals surface area contributed by atoms with Crippen LogP contribution < -0.4 is 51.4 Å². The average Bonchev–Trinajstić information content (AvgIpc) is 2.28. The van der Waals surface area contributed by atoms with Gasteiger partial charge in [0.25, 0.3) is 0 Å². The number of aromatic nitrogens is 3. The second-order valence-electron chi connectivity index (χ2n) is 3.10. The van der Waals surface area contributed by atoms with Crippen LogP contribution in [-0.2, 0) is 6.54 Å². The maximum Gasteiger partial charge on any atom is 1.00 e. The predicted octanol–water partition coefficient (Wildman–Crippen LogP) is -1.16. The molecule has 0 unspecified atom stereocenters. The molecule has 15 heavy (non-hydrogen) atoms. The third-order valence-corrected chi connectivity index (χ3v) is 1.78. The molecule has 0 amide bonds. The Bertz CT molecular complexity index is 361. The van der Waals surface area contributed by atoms with E-state index in [9.17, 15) is 12.9 Å². The van der Waals surface area contributed by atoms with Crippen molar-refractivity contribution in [2.24, 2.45) is 0 Å². The van der Waals surface area contributed by atoms with Gasteiger partial charge in [0.1, 0.15) is 11.6 Å². The van der Waals surface area contributed by atoms with Crippen LogP contribution in [0.2, 0.25) is 0 Å². The summed E-state index contributed by atoms with van der Waals surface area (Å²) in [6, 6.07) is 0. The molecule has 0 aliphatic heterocycles. The van der Waals surface area contributed by atoms with Crippen molar-refractivity contribution in [3.8, 4) is 0 Å². The standard InChI is InChI=1S/C7H10BF3N3.K/c1-5(8(9,10)11)4-14-7(3)12-6(2)13-14;/h1,4H2,2-3H3;/q-1;+1. The van der Waals surface area contributed by atoms with Gasteiger partial charge in [-0.15, -0.1) is 12.1 Å². The first-order valence-corrected chi connectivity index (χ1v) is 4.06. The molecular weight excluding hydrogens is 233 g/mol. The smallest absolute Gasteiger partial charge is 0.445 e. The molecule has 1 aromatic heterocycles. The fourth-order valence-corrected chi connectivity index (χ4v) is 1.01. The van der Waals surface area contributed by atoms with E-state index in [0.29, 0.717) is 11.6 Å². The third-order valence-electron chi connectivity index (χ3n) is 1.78. The Morgan fingerprint density at radius 1 is 1.40 bits per heavy atom. The predicted molar refractivity (Wildman–Crippen MR) is 47.7 cm³/mol. The van der Waals surface area contributed by atoms with E-state index in [0.717, 1.165) is 0 Å². The van der Waals surface area contributed by atoms with Gasteiger partial charge >= 0.3 is 58.4 Å². The Hall–Kier alpha value is 0.371. The molecule has 0 fully saturated rings. The van der Waals surface area contributed by atoms with E-state index in [-0.39, 0.29) is 57.9 Å². The van der Waals surface area contributed by atoms with E-state index in [4.69, 9.17) is 0 Å². The normalized spacial score (nSPS) is 11.0. The van der Waals surface area contributed by atoms with Crippen LogP contribution in [0.1, 0.15) is 11.6 Å². The minimum Gasteiger partial charge on any atom is -0.445 e. The van der Waals surface area contributed by atoms with Gasteiger partial charge in [-0.2, -0.15) is 5.10 Å². The van der Waals surface area contributed by atoms with Crippen LogP contribution in [0.3, 0.4) is 0 Å². The third kappa shape index (κ3) is 4.39. The first kappa shape index (κ1) is 15.4. The van der Waals surface area contributed by atoms with Gasteiger partial charge in [-0.3, -0.25) is 0 Å². The number of aryl methyl sites for hydroxylation is 2. The summed E-state index contributed by atoms with van der Waals surface area (Å²) in [6.45, 7) is 0.901. The van der Waals surface area contributed by atoms with E-state index < -0.39 is 12.4 Å². The molecule has 8 heteroatoms. The Morgan fingerprint density at radius 3 is 2.27 bits per heavy atom. The van der Waals surface area contributed by atoms with Gasteiger partial charge in [0.2, 0.25) is 0 Å². The molecule has 0 aromatic carbocycles. The van der Waals surface area contributed by atoms with Crippen molar-refractivity contribution >= 4 is 6.98 Å². The van der Waals surface area contributed by atoms with Crippen molar-refractivity contribution < 1.29 is 64.3 Å². The zero-order valence-corrected chi connectivity index (χ0v) is 12.1. The molecule has 1 heterocycles. The Balaban J connectivity index is 0.00000196. The van der Waals surface area contributed by atoms with Gasteiger partial charge in [-0.05, 0) is 13.8 Å². The molecule has 0 aliphatic rings. The largest absolute Gasteiger partial charge is 1.00 e. The van der Waals surface area contributed by atoms with E-state index in [1.165, 1.54) is 4.68 Å². The minimum absolute atomic E-state index is 0. The van der Waals surface area contributed by atoms with Crippen LogP contribution >= 0.6 is 0 Å². The quantitative estimate of drug-likeness (QED) is 0.627. The maximum atomic E-state index is 12.2. The number of halogens is 3. The molecule has 3 nitrogen and oxygen atoms in total. The topological polar surface area (TPSA) is 30.7 Å². The van der Waals surface area contributed by atoms with Gasteiger partial charge in [0.05, 0.1) is 0 Å². The van der Waals surface area contributed by atoms with Gasteiger partial charge in [0.15, 0.2) is 0 Å². The van der Waals surface area contributed by atoms with E-state index >= 15 is 0 Å². The van der Waals surface area contributed by atoms with Gasteiger partial charge in [-0.1, -0.05) is 0 Å². The summed E-state index contributed by atoms with van der Waals surface area (Å²) in [5.41, 5.74) is -0.766. The summed E-state index contributed by atoms with van der Waals surface area (Å²) >= 11 is 0. The summed E-state index contributed by atoms with van der Waals surface area (Å²) in [6.07, 6.45) is 0. The molecule has 0 spiro atoms. The molecule has 0 aliphatic carbocycles. The first-order valence-electron chi connectivity index (χ1n) is 4.06. The van der Waals surface area contributed by atoms with Gasteiger partial charge in [-0.25, -0.2) is 9.67 Å². The summed E-state index contributed by atoms with van der Waals surface area (Å²) < 4.78 is 37.7. The second-order valence-corrected chi connectivity index (χ2v) is 3.10. The monoisotopic (exact) mass is 243 g/mol. The van der Waals surface area contributed by atoms with E-state index in [1.807, 2.05) is 0 Å². The SMILES string of the molecule is C=C(Cn1nc(C)nc1C)[B-](F)(F)F.[K+]. The van der Waals surface area contributed by atoms with Crippen LogP contribution in [0.15, 0.2) is 12.1 Å². The average molecular weight is 243 g/mol. The number of allylic oxidation sites excluding steroid dienone is 1. The molecular formula is C7H10BF3KN3. The Morgan fingerprint density at radius 2 is 1.93 bits per heavy atom. The molecule has 0 radical (unpaired) electrons. The number of nitrogens with zero attached hydrogens (tertiary/aromatic N) is 3. The molecule has 0 atom stereocenters. The summed E-state index contributed by atoms with van der Waals surface area (Å²) in [4.78, 5) is 3.90. The Labute approximate surface area is 129 Å². The maximum absolute atomic E-state index is 12.2. The molecule has 1 rings (SSSR count). The molecule has 78 valence electrons. The zero-order chi connectivity index (χ0) is 10.9. The first-order chi connectivity index (χ1) is 6.30. The molecule has 0 bridgehead atoms. The summed E-state index contributed by atoms with van der Waals surface area (Å²) in [5.74, 6) is 0.925. The van der Waals surface area contributed by atoms with E-state index in [1.54, 1.807) is 13.8 Å². The fourth-order valence-electron chi connectivity index (χ4n) is 1.01. The molecule has 0 saturated carbocycles. The number of hydrogen-bond acceptors (Lipinski definition) is 2. The van der Waals surface area contributed by atoms with Crippen LogP contribution in [0, 0.1) is 13.8 Å². The van der Waals surface area contributed by atoms with Crippen LogP contribution in [-0.4, -0.2) is 21.7 Å². The Kier molecular flexibility index (Phi) is 5.77. The molecule has 0 saturated heterocycles. The summed E-state index contributed by atoms with van der Waals surface area (Å²) in [5, 5.41) is 3.82. The summed E-state index contributed by atoms with van der Waals surface area (Å²) in [7, 11) is 0. The van der Waals surface area contributed by atoms with Crippen molar-refractivity contribution in [3.63, 3.8) is 0 Å². The van der Waals surface area contributed by atoms with Gasteiger partial charge in [0, 0.05) is 6.54 Å². The second kappa shape index (κ2) is 5.63. The molecule has 0 N–H and O–H groups in total. The van der Waals surface area contributed by atoms with E-state index in [2.05, 4.69) is 16.7 Å². The van der Waals surface area contributed by atoms with Crippen molar-refractivity contribution in [1.29, 1.82) is 0 Å². The fraction of sp³-hybridized carbons (Fsp3) is 0.429. The van der Waals surface area contributed by atoms with Crippen molar-refractivity contribution in [2.45, 2.75) is 20.4 Å². The van der Waals surface area contributed by atoms with Gasteiger partial charge < -0.3 is 12.9 Å². The number of rotatable bonds is 3. The van der Waals surface area contributed by atoms with Crippen LogP contribution in [0.25, 0.3) is 0 Å². The van der Waals surface area contributed by atoms with Crippen molar-refractivity contribution in [2.75, 3.05) is 0 Å². The van der Waals surface area contributed by atoms with Crippen molar-refractivity contribution in [1.82, 2.24) is 14.8 Å².